The summed E-state index contributed by atoms with van der Waals surface area (Å²) in [6.45, 7) is 1.65. The van der Waals surface area contributed by atoms with Crippen molar-refractivity contribution in [3.8, 4) is 11.1 Å². The minimum Gasteiger partial charge on any atom is -0.479 e. The highest BCUT2D eigenvalue weighted by molar-refractivity contribution is 5.86. The zero-order chi connectivity index (χ0) is 22.9. The molecule has 0 saturated heterocycles. The molecule has 0 bridgehead atoms. The van der Waals surface area contributed by atoms with Crippen LogP contribution in [0.3, 0.4) is 0 Å². The van der Waals surface area contributed by atoms with Crippen molar-refractivity contribution in [3.63, 3.8) is 0 Å². The normalized spacial score (nSPS) is 14.2. The van der Waals surface area contributed by atoms with E-state index in [-0.39, 0.29) is 24.5 Å². The number of benzene rings is 3. The molecular formula is C26H24FNO4. The molecule has 1 atom stereocenters. The highest BCUT2D eigenvalue weighted by Gasteiger charge is 2.47. The van der Waals surface area contributed by atoms with E-state index in [0.29, 0.717) is 0 Å². The van der Waals surface area contributed by atoms with Crippen LogP contribution < -0.4 is 0 Å². The maximum atomic E-state index is 14.6. The van der Waals surface area contributed by atoms with Crippen LogP contribution in [-0.2, 0) is 15.1 Å². The molecule has 1 unspecified atom stereocenters. The second-order valence-corrected chi connectivity index (χ2v) is 7.86. The molecule has 0 saturated carbocycles. The van der Waals surface area contributed by atoms with E-state index < -0.39 is 23.4 Å². The Balaban J connectivity index is 1.61. The monoisotopic (exact) mass is 433 g/mol. The molecule has 32 heavy (non-hydrogen) atoms. The molecule has 0 heterocycles. The fourth-order valence-corrected chi connectivity index (χ4v) is 4.66. The lowest BCUT2D eigenvalue weighted by atomic mass is 9.85. The van der Waals surface area contributed by atoms with Crippen molar-refractivity contribution in [2.24, 2.45) is 0 Å². The molecule has 0 fully saturated rings. The molecule has 164 valence electrons. The fraction of sp³-hybridized carbons (Fsp3) is 0.231. The predicted octanol–water partition coefficient (Wildman–Crippen LogP) is 5.40. The number of hydrogen-bond donors (Lipinski definition) is 1. The van der Waals surface area contributed by atoms with Crippen molar-refractivity contribution < 1.29 is 23.8 Å². The van der Waals surface area contributed by atoms with Gasteiger partial charge >= 0.3 is 12.1 Å². The third kappa shape index (κ3) is 3.32. The van der Waals surface area contributed by atoms with E-state index >= 15 is 0 Å². The van der Waals surface area contributed by atoms with Crippen molar-refractivity contribution in [2.45, 2.75) is 24.8 Å². The largest absolute Gasteiger partial charge is 0.479 e. The number of carbonyl (C=O) groups excluding carboxylic acids is 1. The Morgan fingerprint density at radius 2 is 1.50 bits per heavy atom. The molecule has 1 aliphatic carbocycles. The number of hydrogen-bond acceptors (Lipinski definition) is 3. The summed E-state index contributed by atoms with van der Waals surface area (Å²) in [5.74, 6) is -2.16. The Bertz CT molecular complexity index is 1130. The van der Waals surface area contributed by atoms with Crippen LogP contribution in [0.5, 0.6) is 0 Å². The Morgan fingerprint density at radius 3 is 2.03 bits per heavy atom. The van der Waals surface area contributed by atoms with Crippen LogP contribution in [0.1, 0.15) is 36.0 Å². The van der Waals surface area contributed by atoms with Gasteiger partial charge in [0.1, 0.15) is 12.4 Å². The van der Waals surface area contributed by atoms with Gasteiger partial charge in [-0.3, -0.25) is 4.90 Å². The highest BCUT2D eigenvalue weighted by atomic mass is 19.1. The average Bonchev–Trinajstić information content (AvgIpc) is 3.13. The fourth-order valence-electron chi connectivity index (χ4n) is 4.66. The van der Waals surface area contributed by atoms with E-state index in [1.807, 2.05) is 48.5 Å². The number of carboxylic acids is 1. The highest BCUT2D eigenvalue weighted by Crippen LogP contribution is 2.44. The van der Waals surface area contributed by atoms with Crippen molar-refractivity contribution in [1.29, 1.82) is 0 Å². The number of likely N-dealkylation sites (N-methyl/N-ethyl adjacent to an activating group) is 1. The van der Waals surface area contributed by atoms with E-state index in [0.717, 1.165) is 27.2 Å². The number of halogens is 1. The Morgan fingerprint density at radius 1 is 0.969 bits per heavy atom. The van der Waals surface area contributed by atoms with Gasteiger partial charge in [0, 0.05) is 18.5 Å². The third-order valence-corrected chi connectivity index (χ3v) is 6.37. The first-order valence-corrected chi connectivity index (χ1v) is 10.5. The number of amides is 1. The first-order chi connectivity index (χ1) is 15.4. The van der Waals surface area contributed by atoms with E-state index in [1.165, 1.54) is 25.2 Å². The van der Waals surface area contributed by atoms with Crippen LogP contribution in [0.25, 0.3) is 11.1 Å². The smallest absolute Gasteiger partial charge is 0.410 e. The van der Waals surface area contributed by atoms with Gasteiger partial charge in [-0.25, -0.2) is 14.0 Å². The molecule has 1 N–H and O–H groups in total. The number of ether oxygens (including phenoxy) is 1. The summed E-state index contributed by atoms with van der Waals surface area (Å²) in [5, 5.41) is 10.0. The van der Waals surface area contributed by atoms with Gasteiger partial charge in [0.05, 0.1) is 0 Å². The number of rotatable bonds is 6. The lowest BCUT2D eigenvalue weighted by Crippen LogP contribution is -2.53. The van der Waals surface area contributed by atoms with Gasteiger partial charge in [-0.05, 0) is 34.7 Å². The summed E-state index contributed by atoms with van der Waals surface area (Å²) in [6, 6.07) is 21.5. The van der Waals surface area contributed by atoms with Crippen LogP contribution in [0.15, 0.2) is 72.8 Å². The molecule has 4 rings (SSSR count). The van der Waals surface area contributed by atoms with E-state index in [2.05, 4.69) is 0 Å². The summed E-state index contributed by atoms with van der Waals surface area (Å²) < 4.78 is 20.2. The first kappa shape index (κ1) is 21.6. The van der Waals surface area contributed by atoms with Crippen molar-refractivity contribution in [1.82, 2.24) is 4.90 Å². The molecule has 0 aliphatic heterocycles. The number of nitrogens with zero attached hydrogens (tertiary/aromatic N) is 1. The third-order valence-electron chi connectivity index (χ3n) is 6.37. The summed E-state index contributed by atoms with van der Waals surface area (Å²) in [5.41, 5.74) is 2.34. The number of carbonyl (C=O) groups is 2. The Kier molecular flexibility index (Phi) is 5.70. The maximum absolute atomic E-state index is 14.6. The van der Waals surface area contributed by atoms with Crippen LogP contribution in [-0.4, -0.2) is 35.7 Å². The number of fused-ring (bicyclic) bond motifs is 3. The molecule has 0 aromatic heterocycles. The van der Waals surface area contributed by atoms with Gasteiger partial charge in [0.15, 0.2) is 5.54 Å². The molecule has 5 nitrogen and oxygen atoms in total. The van der Waals surface area contributed by atoms with Crippen molar-refractivity contribution in [2.75, 3.05) is 13.7 Å². The molecule has 6 heteroatoms. The van der Waals surface area contributed by atoms with E-state index in [1.54, 1.807) is 13.0 Å². The molecule has 0 spiro atoms. The van der Waals surface area contributed by atoms with Gasteiger partial charge in [0.25, 0.3) is 0 Å². The van der Waals surface area contributed by atoms with Gasteiger partial charge in [-0.1, -0.05) is 73.7 Å². The van der Waals surface area contributed by atoms with Crippen molar-refractivity contribution in [3.05, 3.63) is 95.3 Å². The predicted molar refractivity (Wildman–Crippen MR) is 119 cm³/mol. The molecule has 1 amide bonds. The molecule has 3 aromatic carbocycles. The minimum atomic E-state index is -1.88. The zero-order valence-corrected chi connectivity index (χ0v) is 17.9. The first-order valence-electron chi connectivity index (χ1n) is 10.5. The van der Waals surface area contributed by atoms with Gasteiger partial charge < -0.3 is 9.84 Å². The topological polar surface area (TPSA) is 66.8 Å². The summed E-state index contributed by atoms with van der Waals surface area (Å²) >= 11 is 0. The molecule has 1 aliphatic rings. The maximum Gasteiger partial charge on any atom is 0.410 e. The lowest BCUT2D eigenvalue weighted by Gasteiger charge is -2.37. The van der Waals surface area contributed by atoms with Crippen LogP contribution in [0, 0.1) is 5.82 Å². The van der Waals surface area contributed by atoms with Crippen LogP contribution in [0.2, 0.25) is 0 Å². The SMILES string of the molecule is CCC(C(=O)O)(c1ccccc1F)N(C)C(=O)OCC1c2ccccc2-c2ccccc21. The second kappa shape index (κ2) is 8.46. The Hall–Kier alpha value is -3.67. The summed E-state index contributed by atoms with van der Waals surface area (Å²) in [4.78, 5) is 26.3. The second-order valence-electron chi connectivity index (χ2n) is 7.86. The van der Waals surface area contributed by atoms with E-state index in [4.69, 9.17) is 4.74 Å². The molecule has 0 radical (unpaired) electrons. The minimum absolute atomic E-state index is 0.0238. The summed E-state index contributed by atoms with van der Waals surface area (Å²) in [6.07, 6.45) is -0.844. The standard InChI is InChI=1S/C26H24FNO4/c1-3-26(24(29)30,22-14-8-9-15-23(22)27)28(2)25(31)32-16-21-19-12-6-4-10-17(19)18-11-5-7-13-20(18)21/h4-15,21H,3,16H2,1-2H3,(H,29,30). The average molecular weight is 433 g/mol. The van der Waals surface area contributed by atoms with Gasteiger partial charge in [-0.15, -0.1) is 0 Å². The number of carboxylic acid groups (broad SMARTS) is 1. The van der Waals surface area contributed by atoms with Crippen molar-refractivity contribution >= 4 is 12.1 Å². The molecule has 3 aromatic rings. The quantitative estimate of drug-likeness (QED) is 0.566. The van der Waals surface area contributed by atoms with Gasteiger partial charge in [0.2, 0.25) is 0 Å². The van der Waals surface area contributed by atoms with Crippen LogP contribution in [0.4, 0.5) is 9.18 Å². The number of aliphatic carboxylic acids is 1. The summed E-state index contributed by atoms with van der Waals surface area (Å²) in [7, 11) is 1.34. The van der Waals surface area contributed by atoms with E-state index in [9.17, 15) is 19.1 Å². The lowest BCUT2D eigenvalue weighted by molar-refractivity contribution is -0.151. The Labute approximate surface area is 186 Å². The van der Waals surface area contributed by atoms with Gasteiger partial charge in [-0.2, -0.15) is 0 Å². The van der Waals surface area contributed by atoms with Crippen LogP contribution >= 0.6 is 0 Å². The zero-order valence-electron chi connectivity index (χ0n) is 17.9. The molecular weight excluding hydrogens is 409 g/mol.